The summed E-state index contributed by atoms with van der Waals surface area (Å²) in [4.78, 5) is 16.4. The Balaban J connectivity index is 1.84. The molecule has 1 aliphatic rings. The molecule has 1 aliphatic heterocycles. The molecule has 0 aromatic heterocycles. The largest absolute Gasteiger partial charge is 0.300 e. The van der Waals surface area contributed by atoms with Crippen molar-refractivity contribution in [1.29, 1.82) is 0 Å². The number of amides is 1. The first-order chi connectivity index (χ1) is 10.6. The molecule has 0 bridgehead atoms. The van der Waals surface area contributed by atoms with Crippen LogP contribution in [0.25, 0.3) is 6.08 Å². The van der Waals surface area contributed by atoms with E-state index >= 15 is 0 Å². The maximum atomic E-state index is 13.5. The summed E-state index contributed by atoms with van der Waals surface area (Å²) in [6, 6.07) is 11.8. The molecule has 1 amide bonds. The first-order valence-corrected chi connectivity index (χ1v) is 7.23. The van der Waals surface area contributed by atoms with Gasteiger partial charge in [-0.1, -0.05) is 24.3 Å². The van der Waals surface area contributed by atoms with E-state index in [0.717, 1.165) is 11.8 Å². The van der Waals surface area contributed by atoms with Crippen molar-refractivity contribution >= 4 is 34.6 Å². The summed E-state index contributed by atoms with van der Waals surface area (Å²) in [6.07, 6.45) is 1.63. The Morgan fingerprint density at radius 2 is 1.77 bits per heavy atom. The highest BCUT2D eigenvalue weighted by atomic mass is 32.2. The minimum Gasteiger partial charge on any atom is -0.300 e. The maximum absolute atomic E-state index is 13.5. The highest BCUT2D eigenvalue weighted by Crippen LogP contribution is 2.28. The van der Waals surface area contributed by atoms with Gasteiger partial charge >= 0.3 is 0 Å². The predicted molar refractivity (Wildman–Crippen MR) is 83.6 cm³/mol. The zero-order valence-electron chi connectivity index (χ0n) is 11.2. The minimum atomic E-state index is -0.458. The first-order valence-electron chi connectivity index (χ1n) is 6.41. The van der Waals surface area contributed by atoms with Gasteiger partial charge in [0, 0.05) is 0 Å². The summed E-state index contributed by atoms with van der Waals surface area (Å²) in [7, 11) is 0. The number of amidine groups is 1. The zero-order chi connectivity index (χ0) is 15.5. The van der Waals surface area contributed by atoms with Crippen LogP contribution in [0, 0.1) is 11.6 Å². The van der Waals surface area contributed by atoms with E-state index in [1.807, 2.05) is 0 Å². The van der Waals surface area contributed by atoms with Gasteiger partial charge in [-0.3, -0.25) is 4.79 Å². The lowest BCUT2D eigenvalue weighted by atomic mass is 10.2. The van der Waals surface area contributed by atoms with Gasteiger partial charge < -0.3 is 5.32 Å². The van der Waals surface area contributed by atoms with Gasteiger partial charge in [-0.2, -0.15) is 0 Å². The van der Waals surface area contributed by atoms with Crippen molar-refractivity contribution in [2.24, 2.45) is 4.99 Å². The highest BCUT2D eigenvalue weighted by Gasteiger charge is 2.24. The zero-order valence-corrected chi connectivity index (χ0v) is 12.0. The average molecular weight is 316 g/mol. The van der Waals surface area contributed by atoms with Crippen molar-refractivity contribution in [3.8, 4) is 0 Å². The molecule has 0 atom stereocenters. The molecule has 0 saturated carbocycles. The van der Waals surface area contributed by atoms with Gasteiger partial charge in [0.2, 0.25) is 0 Å². The van der Waals surface area contributed by atoms with E-state index < -0.39 is 5.82 Å². The first kappa shape index (κ1) is 14.5. The number of nitrogens with zero attached hydrogens (tertiary/aromatic N) is 1. The summed E-state index contributed by atoms with van der Waals surface area (Å²) >= 11 is 1.11. The van der Waals surface area contributed by atoms with Crippen molar-refractivity contribution in [3.63, 3.8) is 0 Å². The molecule has 3 nitrogen and oxygen atoms in total. The molecule has 0 aliphatic carbocycles. The number of benzene rings is 2. The summed E-state index contributed by atoms with van der Waals surface area (Å²) in [5, 5.41) is 2.89. The normalized spacial score (nSPS) is 18.0. The fourth-order valence-electron chi connectivity index (χ4n) is 1.84. The number of nitrogens with one attached hydrogen (secondary N) is 1. The Hall–Kier alpha value is -2.47. The second-order valence-corrected chi connectivity index (χ2v) is 5.52. The molecule has 1 N–H and O–H groups in total. The van der Waals surface area contributed by atoms with Gasteiger partial charge in [0.05, 0.1) is 4.91 Å². The van der Waals surface area contributed by atoms with Crippen LogP contribution in [-0.4, -0.2) is 11.1 Å². The van der Waals surface area contributed by atoms with E-state index in [4.69, 9.17) is 0 Å². The SMILES string of the molecule is O=C1NC(=Nc2ccccc2F)SC1=Cc1ccc(F)cc1. The van der Waals surface area contributed by atoms with E-state index in [0.29, 0.717) is 15.6 Å². The van der Waals surface area contributed by atoms with E-state index in [1.54, 1.807) is 30.3 Å². The summed E-state index contributed by atoms with van der Waals surface area (Å²) in [5.74, 6) is -1.11. The lowest BCUT2D eigenvalue weighted by Gasteiger charge is -1.97. The van der Waals surface area contributed by atoms with Gasteiger partial charge in [0.25, 0.3) is 5.91 Å². The molecule has 0 radical (unpaired) electrons. The molecular weight excluding hydrogens is 306 g/mol. The molecule has 22 heavy (non-hydrogen) atoms. The van der Waals surface area contributed by atoms with E-state index in [2.05, 4.69) is 10.3 Å². The second-order valence-electron chi connectivity index (χ2n) is 4.48. The predicted octanol–water partition coefficient (Wildman–Crippen LogP) is 3.86. The molecule has 1 heterocycles. The smallest absolute Gasteiger partial charge is 0.264 e. The molecule has 1 fully saturated rings. The van der Waals surface area contributed by atoms with Gasteiger partial charge in [0.1, 0.15) is 17.3 Å². The van der Waals surface area contributed by atoms with E-state index in [-0.39, 0.29) is 17.4 Å². The van der Waals surface area contributed by atoms with Gasteiger partial charge in [-0.25, -0.2) is 13.8 Å². The van der Waals surface area contributed by atoms with Crippen molar-refractivity contribution in [3.05, 3.63) is 70.6 Å². The topological polar surface area (TPSA) is 41.5 Å². The molecule has 110 valence electrons. The van der Waals surface area contributed by atoms with Gasteiger partial charge in [0.15, 0.2) is 5.17 Å². The molecule has 2 aromatic carbocycles. The molecule has 0 spiro atoms. The summed E-state index contributed by atoms with van der Waals surface area (Å²) < 4.78 is 26.4. The number of hydrogen-bond acceptors (Lipinski definition) is 3. The maximum Gasteiger partial charge on any atom is 0.264 e. The van der Waals surface area contributed by atoms with Gasteiger partial charge in [-0.15, -0.1) is 0 Å². The third-order valence-electron chi connectivity index (χ3n) is 2.89. The number of halogens is 2. The molecule has 1 saturated heterocycles. The number of carbonyl (C=O) groups is 1. The minimum absolute atomic E-state index is 0.160. The Labute approximate surface area is 129 Å². The summed E-state index contributed by atoms with van der Waals surface area (Å²) in [6.45, 7) is 0. The molecule has 0 unspecified atom stereocenters. The molecule has 2 aromatic rings. The Morgan fingerprint density at radius 1 is 1.05 bits per heavy atom. The van der Waals surface area contributed by atoms with Crippen LogP contribution in [0.1, 0.15) is 5.56 Å². The third kappa shape index (κ3) is 3.23. The van der Waals surface area contributed by atoms with Gasteiger partial charge in [-0.05, 0) is 47.7 Å². The second kappa shape index (κ2) is 6.11. The Kier molecular flexibility index (Phi) is 4.02. The van der Waals surface area contributed by atoms with Crippen molar-refractivity contribution < 1.29 is 13.6 Å². The lowest BCUT2D eigenvalue weighted by molar-refractivity contribution is -0.115. The van der Waals surface area contributed by atoms with Crippen LogP contribution >= 0.6 is 11.8 Å². The van der Waals surface area contributed by atoms with Crippen LogP contribution in [0.3, 0.4) is 0 Å². The number of hydrogen-bond donors (Lipinski definition) is 1. The lowest BCUT2D eigenvalue weighted by Crippen LogP contribution is -2.19. The van der Waals surface area contributed by atoms with Crippen LogP contribution in [0.4, 0.5) is 14.5 Å². The van der Waals surface area contributed by atoms with Crippen molar-refractivity contribution in [2.45, 2.75) is 0 Å². The number of thioether (sulfide) groups is 1. The van der Waals surface area contributed by atoms with Crippen LogP contribution in [0.2, 0.25) is 0 Å². The number of carbonyl (C=O) groups excluding carboxylic acids is 1. The van der Waals surface area contributed by atoms with E-state index in [1.165, 1.54) is 24.3 Å². The monoisotopic (exact) mass is 316 g/mol. The Morgan fingerprint density at radius 3 is 2.50 bits per heavy atom. The van der Waals surface area contributed by atoms with Crippen LogP contribution in [0.5, 0.6) is 0 Å². The van der Waals surface area contributed by atoms with E-state index in [9.17, 15) is 13.6 Å². The summed E-state index contributed by atoms with van der Waals surface area (Å²) in [5.41, 5.74) is 0.861. The fourth-order valence-corrected chi connectivity index (χ4v) is 2.68. The van der Waals surface area contributed by atoms with Crippen molar-refractivity contribution in [2.75, 3.05) is 0 Å². The quantitative estimate of drug-likeness (QED) is 0.855. The molecule has 3 rings (SSSR count). The molecule has 6 heteroatoms. The van der Waals surface area contributed by atoms with Crippen molar-refractivity contribution in [1.82, 2.24) is 5.32 Å². The number of para-hydroxylation sites is 1. The standard InChI is InChI=1S/C16H10F2N2OS/c17-11-7-5-10(6-8-11)9-14-15(21)20-16(22-14)19-13-4-2-1-3-12(13)18/h1-9H,(H,19,20,21). The fraction of sp³-hybridized carbons (Fsp3) is 0. The van der Waals surface area contributed by atoms with Crippen LogP contribution in [-0.2, 0) is 4.79 Å². The highest BCUT2D eigenvalue weighted by molar-refractivity contribution is 8.18. The third-order valence-corrected chi connectivity index (χ3v) is 3.80. The number of aliphatic imine (C=N–C) groups is 1. The number of rotatable bonds is 2. The Bertz CT molecular complexity index is 785. The van der Waals surface area contributed by atoms with Crippen LogP contribution < -0.4 is 5.32 Å². The molecular formula is C16H10F2N2OS. The average Bonchev–Trinajstić information content (AvgIpc) is 2.84. The van der Waals surface area contributed by atoms with Crippen LogP contribution in [0.15, 0.2) is 58.4 Å².